The normalized spacial score (nSPS) is 16.2. The first kappa shape index (κ1) is 16.2. The first-order valence-corrected chi connectivity index (χ1v) is 7.93. The van der Waals surface area contributed by atoms with Crippen LogP contribution in [0.15, 0.2) is 24.3 Å². The van der Waals surface area contributed by atoms with Gasteiger partial charge in [-0.25, -0.2) is 0 Å². The molecule has 2 aromatic rings. The highest BCUT2D eigenvalue weighted by Crippen LogP contribution is 2.38. The Kier molecular flexibility index (Phi) is 4.33. The molecule has 1 N–H and O–H groups in total. The van der Waals surface area contributed by atoms with Crippen LogP contribution in [0.4, 0.5) is 5.69 Å². The standard InChI is InChI=1S/C17H20N4O3/c1-11-18-19-15(20(11)2)7-8-16(22)21-10-12(9-17(23)24)13-5-3-4-6-14(13)21/h3-6,12H,7-10H2,1-2H3,(H,23,24). The maximum atomic E-state index is 12.7. The predicted octanol–water partition coefficient (Wildman–Crippen LogP) is 1.66. The van der Waals surface area contributed by atoms with Crippen molar-refractivity contribution in [1.82, 2.24) is 14.8 Å². The lowest BCUT2D eigenvalue weighted by atomic mass is 9.98. The molecule has 3 rings (SSSR count). The summed E-state index contributed by atoms with van der Waals surface area (Å²) >= 11 is 0. The molecule has 0 saturated heterocycles. The molecule has 0 aliphatic carbocycles. The van der Waals surface area contributed by atoms with Crippen LogP contribution in [0.3, 0.4) is 0 Å². The number of nitrogens with zero attached hydrogens (tertiary/aromatic N) is 4. The Morgan fingerprint density at radius 1 is 1.29 bits per heavy atom. The van der Waals surface area contributed by atoms with Crippen LogP contribution in [-0.2, 0) is 23.1 Å². The van der Waals surface area contributed by atoms with Crippen LogP contribution < -0.4 is 4.90 Å². The zero-order valence-corrected chi connectivity index (χ0v) is 13.8. The SMILES string of the molecule is Cc1nnc(CCC(=O)N2CC(CC(=O)O)c3ccccc32)n1C. The fourth-order valence-electron chi connectivity index (χ4n) is 3.14. The minimum atomic E-state index is -0.848. The molecular weight excluding hydrogens is 308 g/mol. The summed E-state index contributed by atoms with van der Waals surface area (Å²) in [5.41, 5.74) is 1.76. The predicted molar refractivity (Wildman–Crippen MR) is 87.8 cm³/mol. The summed E-state index contributed by atoms with van der Waals surface area (Å²) in [5, 5.41) is 17.2. The molecule has 1 atom stereocenters. The number of anilines is 1. The van der Waals surface area contributed by atoms with Gasteiger partial charge in [-0.1, -0.05) is 18.2 Å². The van der Waals surface area contributed by atoms with E-state index in [4.69, 9.17) is 5.11 Å². The van der Waals surface area contributed by atoms with E-state index in [0.717, 1.165) is 22.9 Å². The minimum Gasteiger partial charge on any atom is -0.481 e. The van der Waals surface area contributed by atoms with Gasteiger partial charge in [0.15, 0.2) is 0 Å². The number of aliphatic carboxylic acids is 1. The van der Waals surface area contributed by atoms with Gasteiger partial charge in [0.2, 0.25) is 5.91 Å². The van der Waals surface area contributed by atoms with Crippen LogP contribution >= 0.6 is 0 Å². The second-order valence-corrected chi connectivity index (χ2v) is 6.08. The smallest absolute Gasteiger partial charge is 0.304 e. The maximum Gasteiger partial charge on any atom is 0.304 e. The topological polar surface area (TPSA) is 88.3 Å². The van der Waals surface area contributed by atoms with E-state index >= 15 is 0 Å². The van der Waals surface area contributed by atoms with Gasteiger partial charge in [-0.3, -0.25) is 9.59 Å². The van der Waals surface area contributed by atoms with Crippen molar-refractivity contribution in [2.45, 2.75) is 32.1 Å². The van der Waals surface area contributed by atoms with Gasteiger partial charge in [-0.15, -0.1) is 10.2 Å². The molecule has 1 aliphatic heterocycles. The highest BCUT2D eigenvalue weighted by atomic mass is 16.4. The zero-order chi connectivity index (χ0) is 17.3. The van der Waals surface area contributed by atoms with E-state index in [9.17, 15) is 9.59 Å². The van der Waals surface area contributed by atoms with Crippen molar-refractivity contribution in [2.75, 3.05) is 11.4 Å². The molecule has 24 heavy (non-hydrogen) atoms. The van der Waals surface area contributed by atoms with Gasteiger partial charge in [0.25, 0.3) is 0 Å². The average molecular weight is 328 g/mol. The molecule has 126 valence electrons. The number of carbonyl (C=O) groups excluding carboxylic acids is 1. The van der Waals surface area contributed by atoms with E-state index in [1.807, 2.05) is 42.8 Å². The van der Waals surface area contributed by atoms with E-state index in [-0.39, 0.29) is 18.2 Å². The molecule has 7 nitrogen and oxygen atoms in total. The molecule has 1 aliphatic rings. The summed E-state index contributed by atoms with van der Waals surface area (Å²) < 4.78 is 1.87. The Morgan fingerprint density at radius 2 is 2.04 bits per heavy atom. The third-order valence-electron chi connectivity index (χ3n) is 4.54. The quantitative estimate of drug-likeness (QED) is 0.902. The molecule has 7 heteroatoms. The van der Waals surface area contributed by atoms with Crippen LogP contribution in [0.2, 0.25) is 0 Å². The fraction of sp³-hybridized carbons (Fsp3) is 0.412. The number of benzene rings is 1. The van der Waals surface area contributed by atoms with Crippen molar-refractivity contribution in [1.29, 1.82) is 0 Å². The molecule has 0 fully saturated rings. The number of carboxylic acid groups (broad SMARTS) is 1. The van der Waals surface area contributed by atoms with Crippen LogP contribution in [0, 0.1) is 6.92 Å². The highest BCUT2D eigenvalue weighted by Gasteiger charge is 2.33. The van der Waals surface area contributed by atoms with Crippen LogP contribution in [0.25, 0.3) is 0 Å². The van der Waals surface area contributed by atoms with Gasteiger partial charge in [0, 0.05) is 38.0 Å². The van der Waals surface area contributed by atoms with Crippen molar-refractivity contribution in [3.05, 3.63) is 41.5 Å². The van der Waals surface area contributed by atoms with Gasteiger partial charge >= 0.3 is 5.97 Å². The Morgan fingerprint density at radius 3 is 2.71 bits per heavy atom. The summed E-state index contributed by atoms with van der Waals surface area (Å²) in [4.78, 5) is 25.4. The third kappa shape index (κ3) is 3.02. The Hall–Kier alpha value is -2.70. The van der Waals surface area contributed by atoms with Gasteiger partial charge < -0.3 is 14.6 Å². The summed E-state index contributed by atoms with van der Waals surface area (Å²) in [6.45, 7) is 2.29. The number of amides is 1. The highest BCUT2D eigenvalue weighted by molar-refractivity contribution is 5.96. The van der Waals surface area contributed by atoms with Gasteiger partial charge in [-0.2, -0.15) is 0 Å². The summed E-state index contributed by atoms with van der Waals surface area (Å²) in [6, 6.07) is 7.53. The Labute approximate surface area is 139 Å². The lowest BCUT2D eigenvalue weighted by Crippen LogP contribution is -2.30. The lowest BCUT2D eigenvalue weighted by Gasteiger charge is -2.17. The summed E-state index contributed by atoms with van der Waals surface area (Å²) in [6.07, 6.45) is 0.863. The molecule has 0 radical (unpaired) electrons. The van der Waals surface area contributed by atoms with Crippen LogP contribution in [0.1, 0.15) is 36.0 Å². The van der Waals surface area contributed by atoms with Gasteiger partial charge in [0.1, 0.15) is 11.6 Å². The maximum absolute atomic E-state index is 12.7. The van der Waals surface area contributed by atoms with Crippen molar-refractivity contribution in [3.63, 3.8) is 0 Å². The van der Waals surface area contributed by atoms with Crippen molar-refractivity contribution in [3.8, 4) is 0 Å². The van der Waals surface area contributed by atoms with Crippen LogP contribution in [0.5, 0.6) is 0 Å². The Bertz CT molecular complexity index is 784. The van der Waals surface area contributed by atoms with E-state index in [1.54, 1.807) is 4.90 Å². The first-order valence-electron chi connectivity index (χ1n) is 7.93. The third-order valence-corrected chi connectivity index (χ3v) is 4.54. The zero-order valence-electron chi connectivity index (χ0n) is 13.8. The fourth-order valence-corrected chi connectivity index (χ4v) is 3.14. The molecule has 0 bridgehead atoms. The summed E-state index contributed by atoms with van der Waals surface area (Å²) in [7, 11) is 1.88. The van der Waals surface area contributed by atoms with Gasteiger partial charge in [-0.05, 0) is 18.6 Å². The van der Waals surface area contributed by atoms with E-state index < -0.39 is 5.97 Å². The number of aryl methyl sites for hydroxylation is 2. The second-order valence-electron chi connectivity index (χ2n) is 6.08. The molecular formula is C17H20N4O3. The second kappa shape index (κ2) is 6.43. The summed E-state index contributed by atoms with van der Waals surface area (Å²) in [5.74, 6) is 0.565. The number of carbonyl (C=O) groups is 2. The molecule has 1 aromatic heterocycles. The number of carboxylic acids is 1. The largest absolute Gasteiger partial charge is 0.481 e. The number of fused-ring (bicyclic) bond motifs is 1. The van der Waals surface area contributed by atoms with Crippen LogP contribution in [-0.4, -0.2) is 38.3 Å². The minimum absolute atomic E-state index is 0.0176. The number of hydrogen-bond donors (Lipinski definition) is 1. The van der Waals surface area contributed by atoms with Crippen molar-refractivity contribution in [2.24, 2.45) is 7.05 Å². The molecule has 1 aromatic carbocycles. The molecule has 0 spiro atoms. The molecule has 2 heterocycles. The molecule has 0 saturated carbocycles. The monoisotopic (exact) mass is 328 g/mol. The lowest BCUT2D eigenvalue weighted by molar-refractivity contribution is -0.137. The average Bonchev–Trinajstić information content (AvgIpc) is 3.07. The number of hydrogen-bond acceptors (Lipinski definition) is 4. The first-order chi connectivity index (χ1) is 11.5. The van der Waals surface area contributed by atoms with Crippen molar-refractivity contribution < 1.29 is 14.7 Å². The molecule has 1 amide bonds. The van der Waals surface area contributed by atoms with Crippen molar-refractivity contribution >= 4 is 17.6 Å². The van der Waals surface area contributed by atoms with E-state index in [1.165, 1.54) is 0 Å². The number of rotatable bonds is 5. The molecule has 1 unspecified atom stereocenters. The van der Waals surface area contributed by atoms with Gasteiger partial charge in [0.05, 0.1) is 6.42 Å². The Balaban J connectivity index is 1.73. The van der Waals surface area contributed by atoms with E-state index in [2.05, 4.69) is 10.2 Å². The number of aromatic nitrogens is 3. The van der Waals surface area contributed by atoms with E-state index in [0.29, 0.717) is 19.4 Å². The number of para-hydroxylation sites is 1.